The second kappa shape index (κ2) is 6.62. The number of allylic oxidation sites excluding steroid dienone is 2. The highest BCUT2D eigenvalue weighted by Crippen LogP contribution is 2.42. The maximum absolute atomic E-state index is 11.6. The molecule has 0 saturated heterocycles. The molecule has 0 aliphatic heterocycles. The zero-order valence-corrected chi connectivity index (χ0v) is 15.2. The summed E-state index contributed by atoms with van der Waals surface area (Å²) < 4.78 is 0. The Morgan fingerprint density at radius 3 is 2.50 bits per heavy atom. The van der Waals surface area contributed by atoms with Crippen LogP contribution in [-0.4, -0.2) is 5.91 Å². The molecule has 2 aromatic rings. The topological polar surface area (TPSA) is 43.1 Å². The van der Waals surface area contributed by atoms with Crippen molar-refractivity contribution >= 4 is 34.7 Å². The van der Waals surface area contributed by atoms with Crippen molar-refractivity contribution in [3.05, 3.63) is 74.8 Å². The van der Waals surface area contributed by atoms with Crippen molar-refractivity contribution in [2.75, 3.05) is 0 Å². The fourth-order valence-corrected chi connectivity index (χ4v) is 3.64. The van der Waals surface area contributed by atoms with Crippen LogP contribution >= 0.6 is 23.2 Å². The molecule has 0 fully saturated rings. The number of carbonyl (C=O) groups is 1. The van der Waals surface area contributed by atoms with Crippen molar-refractivity contribution in [3.63, 3.8) is 0 Å². The van der Waals surface area contributed by atoms with E-state index in [1.165, 1.54) is 11.1 Å². The first kappa shape index (κ1) is 17.1. The van der Waals surface area contributed by atoms with Crippen LogP contribution < -0.4 is 5.73 Å². The molecular formula is C20H19Cl2NO. The molecule has 0 bridgehead atoms. The highest BCUT2D eigenvalue weighted by Gasteiger charge is 2.25. The molecule has 2 N–H and O–H groups in total. The van der Waals surface area contributed by atoms with E-state index in [1.54, 1.807) is 6.07 Å². The highest BCUT2D eigenvalue weighted by atomic mass is 35.5. The molecule has 1 atom stereocenters. The molecule has 0 saturated carbocycles. The summed E-state index contributed by atoms with van der Waals surface area (Å²) in [4.78, 5) is 11.6. The predicted octanol–water partition coefficient (Wildman–Crippen LogP) is 5.67. The van der Waals surface area contributed by atoms with Gasteiger partial charge in [-0.15, -0.1) is 0 Å². The molecular weight excluding hydrogens is 341 g/mol. The molecule has 1 aliphatic carbocycles. The summed E-state index contributed by atoms with van der Waals surface area (Å²) in [6.07, 6.45) is 3.15. The molecule has 0 spiro atoms. The van der Waals surface area contributed by atoms with E-state index >= 15 is 0 Å². The monoisotopic (exact) mass is 359 g/mol. The van der Waals surface area contributed by atoms with Crippen LogP contribution in [0.25, 0.3) is 5.57 Å². The van der Waals surface area contributed by atoms with E-state index in [0.717, 1.165) is 17.5 Å². The Labute approximate surface area is 152 Å². The van der Waals surface area contributed by atoms with E-state index in [2.05, 4.69) is 19.9 Å². The molecule has 4 heteroatoms. The van der Waals surface area contributed by atoms with Crippen molar-refractivity contribution in [2.24, 2.45) is 11.7 Å². The molecule has 1 aliphatic rings. The largest absolute Gasteiger partial charge is 0.366 e. The number of hydrogen-bond acceptors (Lipinski definition) is 1. The summed E-state index contributed by atoms with van der Waals surface area (Å²) in [7, 11) is 0. The third-order valence-electron chi connectivity index (χ3n) is 4.57. The van der Waals surface area contributed by atoms with Gasteiger partial charge >= 0.3 is 0 Å². The first-order valence-electron chi connectivity index (χ1n) is 7.97. The average Bonchev–Trinajstić information content (AvgIpc) is 2.55. The normalized spacial score (nSPS) is 16.7. The Balaban J connectivity index is 2.14. The minimum absolute atomic E-state index is 0.194. The van der Waals surface area contributed by atoms with Gasteiger partial charge in [-0.2, -0.15) is 0 Å². The molecule has 2 nitrogen and oxygen atoms in total. The van der Waals surface area contributed by atoms with Crippen LogP contribution in [0.5, 0.6) is 0 Å². The molecule has 1 unspecified atom stereocenters. The van der Waals surface area contributed by atoms with Gasteiger partial charge in [0.2, 0.25) is 5.91 Å². The number of amides is 1. The van der Waals surface area contributed by atoms with E-state index in [0.29, 0.717) is 21.5 Å². The summed E-state index contributed by atoms with van der Waals surface area (Å²) in [5.74, 6) is 0.165. The minimum atomic E-state index is -0.405. The molecule has 0 radical (unpaired) electrons. The molecule has 124 valence electrons. The molecule has 1 amide bonds. The maximum Gasteiger partial charge on any atom is 0.248 e. The lowest BCUT2D eigenvalue weighted by atomic mass is 9.76. The third-order valence-corrected chi connectivity index (χ3v) is 5.30. The number of fused-ring (bicyclic) bond motifs is 1. The quantitative estimate of drug-likeness (QED) is 0.753. The second-order valence-corrected chi connectivity index (χ2v) is 7.26. The van der Waals surface area contributed by atoms with Gasteiger partial charge in [0.15, 0.2) is 0 Å². The van der Waals surface area contributed by atoms with E-state index in [1.807, 2.05) is 30.3 Å². The van der Waals surface area contributed by atoms with Gasteiger partial charge in [0, 0.05) is 11.5 Å². The fraction of sp³-hybridized carbons (Fsp3) is 0.250. The summed E-state index contributed by atoms with van der Waals surface area (Å²) in [5, 5.41) is 1.11. The molecule has 2 aromatic carbocycles. The van der Waals surface area contributed by atoms with Crippen LogP contribution in [0.4, 0.5) is 0 Å². The lowest BCUT2D eigenvalue weighted by Crippen LogP contribution is -2.15. The molecule has 24 heavy (non-hydrogen) atoms. The van der Waals surface area contributed by atoms with Crippen molar-refractivity contribution < 1.29 is 4.79 Å². The average molecular weight is 360 g/mol. The summed E-state index contributed by atoms with van der Waals surface area (Å²) in [5.41, 5.74) is 10.7. The Morgan fingerprint density at radius 1 is 1.12 bits per heavy atom. The van der Waals surface area contributed by atoms with Crippen LogP contribution in [0.15, 0.2) is 42.5 Å². The molecule has 0 aromatic heterocycles. The Kier molecular flexibility index (Phi) is 4.71. The van der Waals surface area contributed by atoms with Gasteiger partial charge in [-0.3, -0.25) is 4.79 Å². The predicted molar refractivity (Wildman–Crippen MR) is 101 cm³/mol. The fourth-order valence-electron chi connectivity index (χ4n) is 3.34. The van der Waals surface area contributed by atoms with Gasteiger partial charge in [0.25, 0.3) is 0 Å². The van der Waals surface area contributed by atoms with Crippen molar-refractivity contribution in [1.82, 2.24) is 0 Å². The van der Waals surface area contributed by atoms with Crippen LogP contribution in [0, 0.1) is 5.92 Å². The number of benzene rings is 2. The smallest absolute Gasteiger partial charge is 0.248 e. The van der Waals surface area contributed by atoms with E-state index in [-0.39, 0.29) is 5.92 Å². The second-order valence-electron chi connectivity index (χ2n) is 6.44. The van der Waals surface area contributed by atoms with Crippen molar-refractivity contribution in [2.45, 2.75) is 26.2 Å². The zero-order valence-electron chi connectivity index (χ0n) is 13.6. The SMILES string of the molecule is CC(C)C1=CCC(c2ccc(Cl)c(Cl)c2)c2ccc(C(N)=O)cc21. The Morgan fingerprint density at radius 2 is 1.88 bits per heavy atom. The summed E-state index contributed by atoms with van der Waals surface area (Å²) in [6.45, 7) is 4.32. The van der Waals surface area contributed by atoms with Crippen LogP contribution in [0.1, 0.15) is 53.2 Å². The molecule has 0 heterocycles. The standard InChI is InChI=1S/C20H19Cl2NO/c1-11(2)14-6-7-15(12-4-8-18(21)19(22)10-12)16-5-3-13(20(23)24)9-17(14)16/h3-6,8-11,15H,7H2,1-2H3,(H2,23,24). The molecule has 3 rings (SSSR count). The first-order chi connectivity index (χ1) is 11.4. The van der Waals surface area contributed by atoms with Gasteiger partial charge < -0.3 is 5.73 Å². The van der Waals surface area contributed by atoms with Gasteiger partial charge in [-0.05, 0) is 58.9 Å². The van der Waals surface area contributed by atoms with E-state index in [4.69, 9.17) is 28.9 Å². The lowest BCUT2D eigenvalue weighted by molar-refractivity contribution is 0.1000. The number of carbonyl (C=O) groups excluding carboxylic acids is 1. The number of rotatable bonds is 3. The van der Waals surface area contributed by atoms with Crippen LogP contribution in [-0.2, 0) is 0 Å². The number of primary amides is 1. The number of nitrogens with two attached hydrogens (primary N) is 1. The lowest BCUT2D eigenvalue weighted by Gasteiger charge is -2.28. The van der Waals surface area contributed by atoms with Crippen LogP contribution in [0.3, 0.4) is 0 Å². The maximum atomic E-state index is 11.6. The van der Waals surface area contributed by atoms with E-state index < -0.39 is 5.91 Å². The van der Waals surface area contributed by atoms with Gasteiger partial charge in [0.1, 0.15) is 0 Å². The third kappa shape index (κ3) is 3.09. The first-order valence-corrected chi connectivity index (χ1v) is 8.73. The van der Waals surface area contributed by atoms with Crippen LogP contribution in [0.2, 0.25) is 10.0 Å². The van der Waals surface area contributed by atoms with E-state index in [9.17, 15) is 4.79 Å². The number of halogens is 2. The zero-order chi connectivity index (χ0) is 17.4. The number of hydrogen-bond donors (Lipinski definition) is 1. The Bertz CT molecular complexity index is 840. The van der Waals surface area contributed by atoms with Gasteiger partial charge in [-0.1, -0.05) is 55.3 Å². The van der Waals surface area contributed by atoms with Gasteiger partial charge in [0.05, 0.1) is 10.0 Å². The summed E-state index contributed by atoms with van der Waals surface area (Å²) >= 11 is 12.2. The van der Waals surface area contributed by atoms with Crippen molar-refractivity contribution in [3.8, 4) is 0 Å². The highest BCUT2D eigenvalue weighted by molar-refractivity contribution is 6.42. The van der Waals surface area contributed by atoms with Crippen molar-refractivity contribution in [1.29, 1.82) is 0 Å². The summed E-state index contributed by atoms with van der Waals surface area (Å²) in [6, 6.07) is 11.5. The minimum Gasteiger partial charge on any atom is -0.366 e. The Hall–Kier alpha value is -1.77. The van der Waals surface area contributed by atoms with Gasteiger partial charge in [-0.25, -0.2) is 0 Å².